The first kappa shape index (κ1) is 6.79. The first-order chi connectivity index (χ1) is 6.36. The quantitative estimate of drug-likeness (QED) is 0.623. The molecular formula is C7H2N4OS. The van der Waals surface area contributed by atoms with Gasteiger partial charge < -0.3 is 0 Å². The molecule has 2 aliphatic heterocycles. The summed E-state index contributed by atoms with van der Waals surface area (Å²) in [6.45, 7) is 0. The molecule has 0 aromatic carbocycles. The van der Waals surface area contributed by atoms with Crippen LogP contribution in [0.2, 0.25) is 0 Å². The summed E-state index contributed by atoms with van der Waals surface area (Å²) in [4.78, 5) is 20.2. The first-order valence-electron chi connectivity index (χ1n) is 3.54. The Kier molecular flexibility index (Phi) is 1.13. The summed E-state index contributed by atoms with van der Waals surface area (Å²) in [5, 5.41) is 6.98. The Morgan fingerprint density at radius 2 is 2.31 bits per heavy atom. The van der Waals surface area contributed by atoms with Crippen molar-refractivity contribution in [2.45, 2.75) is 0 Å². The molecule has 0 spiro atoms. The minimum absolute atomic E-state index is 0.365. The van der Waals surface area contributed by atoms with Crippen LogP contribution in [0.15, 0.2) is 26.9 Å². The Balaban J connectivity index is 2.30. The maximum Gasteiger partial charge on any atom is 0.314 e. The number of carbonyl (C=O) groups is 1. The largest absolute Gasteiger partial charge is 0.314 e. The number of rotatable bonds is 0. The number of azo groups is 1. The van der Waals surface area contributed by atoms with Crippen molar-refractivity contribution in [2.24, 2.45) is 15.2 Å². The average Bonchev–Trinajstić information content (AvgIpc) is 2.65. The molecule has 0 radical (unpaired) electrons. The van der Waals surface area contributed by atoms with Crippen molar-refractivity contribution in [2.75, 3.05) is 0 Å². The van der Waals surface area contributed by atoms with Gasteiger partial charge in [-0.25, -0.2) is 9.98 Å². The van der Waals surface area contributed by atoms with E-state index in [1.54, 1.807) is 11.7 Å². The van der Waals surface area contributed by atoms with E-state index >= 15 is 0 Å². The van der Waals surface area contributed by atoms with Gasteiger partial charge in [0, 0.05) is 5.57 Å². The molecule has 62 valence electrons. The van der Waals surface area contributed by atoms with Crippen LogP contribution in [0, 0.1) is 0 Å². The zero-order chi connectivity index (χ0) is 8.84. The summed E-state index contributed by atoms with van der Waals surface area (Å²) in [7, 11) is 0. The Morgan fingerprint density at radius 1 is 1.38 bits per heavy atom. The number of hydrogen-bond acceptors (Lipinski definition) is 5. The fraction of sp³-hybridized carbons (Fsp3) is 0. The molecule has 0 unspecified atom stereocenters. The van der Waals surface area contributed by atoms with Crippen LogP contribution < -0.4 is 0 Å². The summed E-state index contributed by atoms with van der Waals surface area (Å²) in [5.41, 5.74) is 2.81. The fourth-order valence-corrected chi connectivity index (χ4v) is 1.98. The van der Waals surface area contributed by atoms with Crippen molar-refractivity contribution < 1.29 is 4.79 Å². The highest BCUT2D eigenvalue weighted by Gasteiger charge is 2.30. The van der Waals surface area contributed by atoms with Crippen molar-refractivity contribution in [3.05, 3.63) is 16.6 Å². The number of carbonyl (C=O) groups excluding carboxylic acids is 1. The SMILES string of the molecule is O=C1N=NC=C2C1=Nc1ncsc12. The maximum atomic E-state index is 11.2. The van der Waals surface area contributed by atoms with Crippen LogP contribution in [0.25, 0.3) is 5.57 Å². The van der Waals surface area contributed by atoms with Gasteiger partial charge in [-0.05, 0) is 0 Å². The molecule has 3 heterocycles. The molecular weight excluding hydrogens is 188 g/mol. The number of amides is 1. The molecule has 1 aromatic rings. The summed E-state index contributed by atoms with van der Waals surface area (Å²) in [6, 6.07) is 0. The second-order valence-corrected chi connectivity index (χ2v) is 3.38. The Hall–Kier alpha value is -1.69. The number of fused-ring (bicyclic) bond motifs is 3. The van der Waals surface area contributed by atoms with Crippen molar-refractivity contribution in [3.63, 3.8) is 0 Å². The molecule has 0 saturated carbocycles. The number of nitrogens with zero attached hydrogens (tertiary/aromatic N) is 4. The maximum absolute atomic E-state index is 11.2. The molecule has 1 amide bonds. The van der Waals surface area contributed by atoms with Crippen LogP contribution in [0.1, 0.15) is 4.88 Å². The molecule has 2 aliphatic rings. The van der Waals surface area contributed by atoms with Crippen LogP contribution in [-0.4, -0.2) is 16.6 Å². The van der Waals surface area contributed by atoms with E-state index in [0.717, 1.165) is 10.5 Å². The average molecular weight is 190 g/mol. The number of aliphatic imine (C=N–C) groups is 1. The van der Waals surface area contributed by atoms with E-state index in [9.17, 15) is 4.79 Å². The number of thiazole rings is 1. The van der Waals surface area contributed by atoms with Crippen LogP contribution in [-0.2, 0) is 4.79 Å². The van der Waals surface area contributed by atoms with E-state index in [2.05, 4.69) is 20.2 Å². The lowest BCUT2D eigenvalue weighted by Crippen LogP contribution is -2.11. The van der Waals surface area contributed by atoms with Crippen molar-refractivity contribution in [1.82, 2.24) is 4.98 Å². The highest BCUT2D eigenvalue weighted by Crippen LogP contribution is 2.38. The molecule has 0 N–H and O–H groups in total. The van der Waals surface area contributed by atoms with Gasteiger partial charge in [0.25, 0.3) is 0 Å². The van der Waals surface area contributed by atoms with Gasteiger partial charge in [-0.2, -0.15) is 5.11 Å². The Bertz CT molecular complexity index is 496. The van der Waals surface area contributed by atoms with Gasteiger partial charge in [0.1, 0.15) is 5.71 Å². The third-order valence-corrected chi connectivity index (χ3v) is 2.65. The van der Waals surface area contributed by atoms with Crippen molar-refractivity contribution in [3.8, 4) is 0 Å². The smallest absolute Gasteiger partial charge is 0.263 e. The second-order valence-electron chi connectivity index (χ2n) is 2.53. The summed E-state index contributed by atoms with van der Waals surface area (Å²) in [6.07, 6.45) is 1.55. The second kappa shape index (κ2) is 2.17. The van der Waals surface area contributed by atoms with E-state index in [4.69, 9.17) is 0 Å². The van der Waals surface area contributed by atoms with Crippen molar-refractivity contribution in [1.29, 1.82) is 0 Å². The third kappa shape index (κ3) is 0.775. The standard InChI is InChI=1S/C7H2N4OS/c12-7-4-3(1-9-11-7)5-6(10-4)8-2-13-5/h1-2H. The molecule has 0 bridgehead atoms. The molecule has 6 heteroatoms. The minimum Gasteiger partial charge on any atom is -0.263 e. The zero-order valence-corrected chi connectivity index (χ0v) is 7.08. The van der Waals surface area contributed by atoms with Crippen LogP contribution in [0.5, 0.6) is 0 Å². The van der Waals surface area contributed by atoms with E-state index < -0.39 is 0 Å². The van der Waals surface area contributed by atoms with Gasteiger partial charge in [-0.15, -0.1) is 16.5 Å². The van der Waals surface area contributed by atoms with Gasteiger partial charge in [-0.3, -0.25) is 4.79 Å². The monoisotopic (exact) mass is 190 g/mol. The van der Waals surface area contributed by atoms with Crippen LogP contribution >= 0.6 is 11.3 Å². The van der Waals surface area contributed by atoms with E-state index in [1.165, 1.54) is 11.3 Å². The van der Waals surface area contributed by atoms with E-state index in [0.29, 0.717) is 11.5 Å². The summed E-state index contributed by atoms with van der Waals surface area (Å²) in [5.74, 6) is 0.217. The lowest BCUT2D eigenvalue weighted by atomic mass is 10.1. The predicted octanol–water partition coefficient (Wildman–Crippen LogP) is 1.56. The van der Waals surface area contributed by atoms with Crippen molar-refractivity contribution >= 4 is 34.3 Å². The lowest BCUT2D eigenvalue weighted by molar-refractivity contribution is -0.112. The predicted molar refractivity (Wildman–Crippen MR) is 47.0 cm³/mol. The van der Waals surface area contributed by atoms with Crippen LogP contribution in [0.3, 0.4) is 0 Å². The van der Waals surface area contributed by atoms with Gasteiger partial charge in [-0.1, -0.05) is 0 Å². The normalized spacial score (nSPS) is 18.0. The molecule has 0 fully saturated rings. The molecule has 0 saturated heterocycles. The first-order valence-corrected chi connectivity index (χ1v) is 4.42. The molecule has 1 aromatic heterocycles. The summed E-state index contributed by atoms with van der Waals surface area (Å²) < 4.78 is 0. The zero-order valence-electron chi connectivity index (χ0n) is 6.26. The molecule has 5 nitrogen and oxygen atoms in total. The summed E-state index contributed by atoms with van der Waals surface area (Å²) >= 11 is 1.45. The van der Waals surface area contributed by atoms with Crippen LogP contribution in [0.4, 0.5) is 5.82 Å². The van der Waals surface area contributed by atoms with Gasteiger partial charge in [0.2, 0.25) is 0 Å². The minimum atomic E-state index is -0.386. The molecule has 0 atom stereocenters. The van der Waals surface area contributed by atoms with E-state index in [1.807, 2.05) is 0 Å². The molecule has 3 rings (SSSR count). The third-order valence-electron chi connectivity index (χ3n) is 1.80. The molecule has 13 heavy (non-hydrogen) atoms. The highest BCUT2D eigenvalue weighted by atomic mass is 32.1. The van der Waals surface area contributed by atoms with Gasteiger partial charge in [0.15, 0.2) is 5.82 Å². The molecule has 0 aliphatic carbocycles. The Labute approximate surface area is 76.6 Å². The van der Waals surface area contributed by atoms with Gasteiger partial charge >= 0.3 is 5.91 Å². The van der Waals surface area contributed by atoms with E-state index in [-0.39, 0.29) is 5.91 Å². The van der Waals surface area contributed by atoms with Gasteiger partial charge in [0.05, 0.1) is 16.6 Å². The topological polar surface area (TPSA) is 67.0 Å². The number of aromatic nitrogens is 1. The fourth-order valence-electron chi connectivity index (χ4n) is 1.25. The lowest BCUT2D eigenvalue weighted by Gasteiger charge is -1.99. The Morgan fingerprint density at radius 3 is 3.23 bits per heavy atom. The highest BCUT2D eigenvalue weighted by molar-refractivity contribution is 7.12. The number of hydrogen-bond donors (Lipinski definition) is 0.